The third-order valence-corrected chi connectivity index (χ3v) is 5.20. The molecule has 0 heterocycles. The van der Waals surface area contributed by atoms with Crippen molar-refractivity contribution in [2.24, 2.45) is 0 Å². The van der Waals surface area contributed by atoms with E-state index in [9.17, 15) is 14.4 Å². The fraction of sp³-hybridized carbons (Fsp3) is 0.375. The number of hydrogen-bond acceptors (Lipinski definition) is 6. The van der Waals surface area contributed by atoms with Crippen LogP contribution in [0.1, 0.15) is 36.9 Å². The highest BCUT2D eigenvalue weighted by molar-refractivity contribution is 6.61. The van der Waals surface area contributed by atoms with Gasteiger partial charge in [-0.05, 0) is 23.5 Å². The molecular formula is C24H31BN2O6. The molecule has 0 unspecified atom stereocenters. The van der Waals surface area contributed by atoms with Gasteiger partial charge in [-0.25, -0.2) is 4.79 Å². The van der Waals surface area contributed by atoms with E-state index in [0.717, 1.165) is 16.6 Å². The van der Waals surface area contributed by atoms with Crippen LogP contribution in [0.3, 0.4) is 0 Å². The number of esters is 1. The lowest BCUT2D eigenvalue weighted by molar-refractivity contribution is -0.145. The lowest BCUT2D eigenvalue weighted by atomic mass is 9.78. The summed E-state index contributed by atoms with van der Waals surface area (Å²) in [5.41, 5.74) is 2.64. The number of carbonyl (C=O) groups excluding carboxylic acids is 3. The third-order valence-electron chi connectivity index (χ3n) is 5.20. The maximum absolute atomic E-state index is 12.4. The Kier molecular flexibility index (Phi) is 10.6. The van der Waals surface area contributed by atoms with Crippen molar-refractivity contribution < 1.29 is 28.4 Å². The van der Waals surface area contributed by atoms with Gasteiger partial charge in [0.05, 0.1) is 13.2 Å². The van der Waals surface area contributed by atoms with Gasteiger partial charge >= 0.3 is 13.1 Å². The highest BCUT2D eigenvalue weighted by Gasteiger charge is 2.23. The van der Waals surface area contributed by atoms with Gasteiger partial charge in [0.15, 0.2) is 0 Å². The number of benzene rings is 2. The number of methoxy groups -OCH3 is 1. The lowest BCUT2D eigenvalue weighted by Gasteiger charge is -2.18. The number of hydrogen-bond donors (Lipinski definition) is 2. The number of ether oxygens (including phenoxy) is 1. The average Bonchev–Trinajstić information content (AvgIpc) is 2.84. The smallest absolute Gasteiger partial charge is 0.467 e. The molecule has 0 aromatic heterocycles. The predicted molar refractivity (Wildman–Crippen MR) is 126 cm³/mol. The number of amides is 2. The summed E-state index contributed by atoms with van der Waals surface area (Å²) < 4.78 is 15.3. The van der Waals surface area contributed by atoms with E-state index < -0.39 is 25.0 Å². The van der Waals surface area contributed by atoms with E-state index in [2.05, 4.69) is 10.6 Å². The molecule has 2 N–H and O–H groups in total. The molecule has 0 radical (unpaired) electrons. The van der Waals surface area contributed by atoms with E-state index in [1.54, 1.807) is 14.2 Å². The first-order chi connectivity index (χ1) is 15.9. The second-order valence-electron chi connectivity index (χ2n) is 7.59. The fourth-order valence-electron chi connectivity index (χ4n) is 3.38. The molecule has 33 heavy (non-hydrogen) atoms. The van der Waals surface area contributed by atoms with Gasteiger partial charge in [-0.15, -0.1) is 0 Å². The van der Waals surface area contributed by atoms with E-state index >= 15 is 0 Å². The molecule has 0 fully saturated rings. The zero-order valence-electron chi connectivity index (χ0n) is 19.5. The minimum absolute atomic E-state index is 0.0149. The van der Waals surface area contributed by atoms with Crippen molar-refractivity contribution in [2.45, 2.75) is 38.3 Å². The van der Waals surface area contributed by atoms with Crippen molar-refractivity contribution in [1.29, 1.82) is 0 Å². The molecule has 0 aliphatic heterocycles. The Bertz CT molecular complexity index is 903. The molecule has 0 aliphatic rings. The van der Waals surface area contributed by atoms with E-state index in [-0.39, 0.29) is 31.2 Å². The highest BCUT2D eigenvalue weighted by Crippen LogP contribution is 2.11. The first kappa shape index (κ1) is 26.1. The molecule has 0 bridgehead atoms. The maximum atomic E-state index is 12.4. The van der Waals surface area contributed by atoms with Crippen LogP contribution in [0, 0.1) is 0 Å². The third kappa shape index (κ3) is 8.36. The van der Waals surface area contributed by atoms with E-state index in [1.807, 2.05) is 61.5 Å². The molecule has 2 aromatic carbocycles. The van der Waals surface area contributed by atoms with Gasteiger partial charge in [0, 0.05) is 33.5 Å². The minimum atomic E-state index is -0.861. The van der Waals surface area contributed by atoms with Crippen LogP contribution in [0.25, 0.3) is 0 Å². The van der Waals surface area contributed by atoms with Crippen LogP contribution in [0.4, 0.5) is 0 Å². The molecule has 8 nitrogen and oxygen atoms in total. The molecule has 2 rings (SSSR count). The monoisotopic (exact) mass is 454 g/mol. The van der Waals surface area contributed by atoms with Crippen molar-refractivity contribution in [3.05, 3.63) is 65.7 Å². The predicted octanol–water partition coefficient (Wildman–Crippen LogP) is 1.53. The Morgan fingerprint density at radius 2 is 1.42 bits per heavy atom. The highest BCUT2D eigenvalue weighted by atomic mass is 16.6. The van der Waals surface area contributed by atoms with Crippen molar-refractivity contribution in [3.63, 3.8) is 0 Å². The maximum Gasteiger partial charge on any atom is 0.493 e. The van der Waals surface area contributed by atoms with E-state index in [1.165, 1.54) is 7.11 Å². The summed E-state index contributed by atoms with van der Waals surface area (Å²) in [5.74, 6) is -1.19. The van der Waals surface area contributed by atoms with Crippen LogP contribution < -0.4 is 16.1 Å². The van der Waals surface area contributed by atoms with Crippen LogP contribution in [-0.2, 0) is 34.9 Å². The van der Waals surface area contributed by atoms with Gasteiger partial charge in [0.2, 0.25) is 11.8 Å². The van der Waals surface area contributed by atoms with Crippen molar-refractivity contribution in [2.75, 3.05) is 21.3 Å². The zero-order chi connectivity index (χ0) is 24.2. The van der Waals surface area contributed by atoms with Crippen LogP contribution in [0.2, 0.25) is 0 Å². The minimum Gasteiger partial charge on any atom is -0.467 e. The molecule has 0 spiro atoms. The van der Waals surface area contributed by atoms with Gasteiger partial charge in [-0.3, -0.25) is 9.59 Å². The van der Waals surface area contributed by atoms with Crippen molar-refractivity contribution >= 4 is 30.4 Å². The van der Waals surface area contributed by atoms with E-state index in [4.69, 9.17) is 14.0 Å². The summed E-state index contributed by atoms with van der Waals surface area (Å²) in [5, 5.41) is 5.54. The van der Waals surface area contributed by atoms with Gasteiger partial charge in [-0.1, -0.05) is 54.6 Å². The van der Waals surface area contributed by atoms with Gasteiger partial charge < -0.3 is 24.7 Å². The molecule has 176 valence electrons. The molecule has 0 aliphatic carbocycles. The quantitative estimate of drug-likeness (QED) is 0.373. The first-order valence-corrected chi connectivity index (χ1v) is 10.7. The Balaban J connectivity index is 1.89. The second-order valence-corrected chi connectivity index (χ2v) is 7.59. The summed E-state index contributed by atoms with van der Waals surface area (Å²) in [7, 11) is 3.89. The Morgan fingerprint density at radius 3 is 1.97 bits per heavy atom. The Morgan fingerprint density at radius 1 is 0.848 bits per heavy atom. The van der Waals surface area contributed by atoms with Crippen molar-refractivity contribution in [3.8, 4) is 0 Å². The second kappa shape index (κ2) is 13.4. The molecule has 9 heteroatoms. The summed E-state index contributed by atoms with van der Waals surface area (Å²) in [6, 6.07) is 15.9. The number of nitrogens with one attached hydrogen (secondary N) is 2. The van der Waals surface area contributed by atoms with Crippen LogP contribution >= 0.6 is 0 Å². The average molecular weight is 454 g/mol. The molecule has 0 saturated carbocycles. The van der Waals surface area contributed by atoms with Crippen LogP contribution in [0.5, 0.6) is 0 Å². The molecule has 2 amide bonds. The number of carbonyl (C=O) groups is 3. The summed E-state index contributed by atoms with van der Waals surface area (Å²) in [6.07, 6.45) is 0.227. The van der Waals surface area contributed by atoms with Crippen LogP contribution in [0.15, 0.2) is 54.6 Å². The Hall–Kier alpha value is -3.17. The standard InChI is InChI=1S/C24H31BN2O6/c1-17(19-8-6-5-7-9-19)26-22(28)14-15-23(29)27-21(24(30)31-2)16-18-10-12-20(13-11-18)25(32-3)33-4/h5-13,17,21H,14-16H2,1-4H3,(H,26,28)(H,27,29)/t17-,21-/m1/s1. The molecular weight excluding hydrogens is 423 g/mol. The fourth-order valence-corrected chi connectivity index (χ4v) is 3.38. The van der Waals surface area contributed by atoms with Gasteiger partial charge in [-0.2, -0.15) is 0 Å². The molecule has 0 saturated heterocycles. The summed E-state index contributed by atoms with van der Waals surface area (Å²) in [6.45, 7) is 1.88. The van der Waals surface area contributed by atoms with E-state index in [0.29, 0.717) is 0 Å². The topological polar surface area (TPSA) is 103 Å². The Labute approximate surface area is 195 Å². The lowest BCUT2D eigenvalue weighted by Crippen LogP contribution is -2.43. The molecule has 2 aromatic rings. The van der Waals surface area contributed by atoms with Crippen molar-refractivity contribution in [1.82, 2.24) is 10.6 Å². The van der Waals surface area contributed by atoms with Gasteiger partial charge in [0.1, 0.15) is 6.04 Å². The summed E-state index contributed by atoms with van der Waals surface area (Å²) >= 11 is 0. The zero-order valence-corrected chi connectivity index (χ0v) is 19.5. The largest absolute Gasteiger partial charge is 0.493 e. The summed E-state index contributed by atoms with van der Waals surface area (Å²) in [4.78, 5) is 36.8. The first-order valence-electron chi connectivity index (χ1n) is 10.7. The molecule has 2 atom stereocenters. The van der Waals surface area contributed by atoms with Crippen LogP contribution in [-0.4, -0.2) is 52.3 Å². The number of rotatable bonds is 12. The van der Waals surface area contributed by atoms with Gasteiger partial charge in [0.25, 0.3) is 0 Å². The SMILES string of the molecule is COB(OC)c1ccc(C[C@@H](NC(=O)CCC(=O)N[C@H](C)c2ccccc2)C(=O)OC)cc1. The normalized spacial score (nSPS) is 12.4.